The lowest BCUT2D eigenvalue weighted by molar-refractivity contribution is 0.593. The van der Waals surface area contributed by atoms with Crippen molar-refractivity contribution >= 4 is 28.3 Å². The standard InChI is InChI=1S/C11H15FIN/c1-3-8(2)7-14-11-5-4-9(12)6-10(11)13/h4-6,8,14H,3,7H2,1-2H3. The van der Waals surface area contributed by atoms with E-state index < -0.39 is 0 Å². The number of anilines is 1. The fourth-order valence-electron chi connectivity index (χ4n) is 1.06. The molecule has 14 heavy (non-hydrogen) atoms. The summed E-state index contributed by atoms with van der Waals surface area (Å²) in [6.07, 6.45) is 1.16. The molecule has 1 aromatic carbocycles. The molecule has 0 aliphatic heterocycles. The minimum absolute atomic E-state index is 0.177. The van der Waals surface area contributed by atoms with Gasteiger partial charge in [0.1, 0.15) is 5.82 Å². The van der Waals surface area contributed by atoms with Crippen LogP contribution in [0.3, 0.4) is 0 Å². The van der Waals surface area contributed by atoms with E-state index in [1.807, 2.05) is 0 Å². The first-order valence-electron chi connectivity index (χ1n) is 4.82. The van der Waals surface area contributed by atoms with Crippen molar-refractivity contribution in [2.45, 2.75) is 20.3 Å². The van der Waals surface area contributed by atoms with Gasteiger partial charge in [-0.2, -0.15) is 0 Å². The maximum Gasteiger partial charge on any atom is 0.124 e. The molecule has 1 aromatic rings. The van der Waals surface area contributed by atoms with Gasteiger partial charge in [-0.05, 0) is 46.7 Å². The van der Waals surface area contributed by atoms with Crippen molar-refractivity contribution in [1.82, 2.24) is 0 Å². The second-order valence-corrected chi connectivity index (χ2v) is 4.68. The van der Waals surface area contributed by atoms with Crippen LogP contribution >= 0.6 is 22.6 Å². The average molecular weight is 307 g/mol. The molecular weight excluding hydrogens is 292 g/mol. The first kappa shape index (κ1) is 11.8. The SMILES string of the molecule is CCC(C)CNc1ccc(F)cc1I. The third-order valence-corrected chi connectivity index (χ3v) is 3.16. The Kier molecular flexibility index (Phi) is 4.65. The lowest BCUT2D eigenvalue weighted by atomic mass is 10.1. The van der Waals surface area contributed by atoms with E-state index in [0.717, 1.165) is 22.2 Å². The van der Waals surface area contributed by atoms with Crippen molar-refractivity contribution in [3.8, 4) is 0 Å². The molecule has 3 heteroatoms. The first-order chi connectivity index (χ1) is 6.63. The van der Waals surface area contributed by atoms with Gasteiger partial charge < -0.3 is 5.32 Å². The molecule has 0 heterocycles. The molecule has 0 amide bonds. The number of rotatable bonds is 4. The fourth-order valence-corrected chi connectivity index (χ4v) is 1.73. The summed E-state index contributed by atoms with van der Waals surface area (Å²) in [6, 6.07) is 4.82. The van der Waals surface area contributed by atoms with E-state index in [9.17, 15) is 4.39 Å². The van der Waals surface area contributed by atoms with Crippen LogP contribution < -0.4 is 5.32 Å². The van der Waals surface area contributed by atoms with Crippen LogP contribution in [-0.4, -0.2) is 6.54 Å². The first-order valence-corrected chi connectivity index (χ1v) is 5.90. The van der Waals surface area contributed by atoms with Crippen LogP contribution in [0.4, 0.5) is 10.1 Å². The molecule has 0 aliphatic carbocycles. The number of halogens is 2. The number of hydrogen-bond donors (Lipinski definition) is 1. The average Bonchev–Trinajstić information content (AvgIpc) is 2.16. The van der Waals surface area contributed by atoms with Crippen LogP contribution in [0.1, 0.15) is 20.3 Å². The van der Waals surface area contributed by atoms with Crippen LogP contribution in [-0.2, 0) is 0 Å². The molecular formula is C11H15FIN. The van der Waals surface area contributed by atoms with Crippen molar-refractivity contribution in [1.29, 1.82) is 0 Å². The molecule has 0 bridgehead atoms. The predicted molar refractivity (Wildman–Crippen MR) is 67.1 cm³/mol. The molecule has 1 atom stereocenters. The van der Waals surface area contributed by atoms with E-state index >= 15 is 0 Å². The topological polar surface area (TPSA) is 12.0 Å². The maximum absolute atomic E-state index is 12.8. The molecule has 1 nitrogen and oxygen atoms in total. The van der Waals surface area contributed by atoms with Gasteiger partial charge in [0.05, 0.1) is 0 Å². The van der Waals surface area contributed by atoms with Gasteiger partial charge in [0.15, 0.2) is 0 Å². The molecule has 78 valence electrons. The van der Waals surface area contributed by atoms with Gasteiger partial charge >= 0.3 is 0 Å². The molecule has 1 N–H and O–H groups in total. The summed E-state index contributed by atoms with van der Waals surface area (Å²) in [4.78, 5) is 0. The van der Waals surface area contributed by atoms with E-state index in [2.05, 4.69) is 41.8 Å². The summed E-state index contributed by atoms with van der Waals surface area (Å²) in [6.45, 7) is 5.31. The highest BCUT2D eigenvalue weighted by Crippen LogP contribution is 2.19. The summed E-state index contributed by atoms with van der Waals surface area (Å²) in [5.74, 6) is 0.472. The van der Waals surface area contributed by atoms with Gasteiger partial charge in [0, 0.05) is 15.8 Å². The zero-order valence-electron chi connectivity index (χ0n) is 8.48. The highest BCUT2D eigenvalue weighted by Gasteiger charge is 2.02. The van der Waals surface area contributed by atoms with Crippen LogP contribution in [0.2, 0.25) is 0 Å². The third-order valence-electron chi connectivity index (χ3n) is 2.27. The lowest BCUT2D eigenvalue weighted by Gasteiger charge is -2.12. The Morgan fingerprint density at radius 3 is 2.79 bits per heavy atom. The van der Waals surface area contributed by atoms with E-state index in [-0.39, 0.29) is 5.82 Å². The van der Waals surface area contributed by atoms with Gasteiger partial charge in [0.2, 0.25) is 0 Å². The third kappa shape index (κ3) is 3.44. The molecule has 0 aliphatic rings. The van der Waals surface area contributed by atoms with Gasteiger partial charge in [-0.25, -0.2) is 4.39 Å². The molecule has 1 rings (SSSR count). The van der Waals surface area contributed by atoms with Gasteiger partial charge in [-0.3, -0.25) is 0 Å². The van der Waals surface area contributed by atoms with Gasteiger partial charge in [0.25, 0.3) is 0 Å². The Hall–Kier alpha value is -0.320. The van der Waals surface area contributed by atoms with Crippen molar-refractivity contribution in [3.63, 3.8) is 0 Å². The summed E-state index contributed by atoms with van der Waals surface area (Å²) in [5, 5.41) is 3.32. The highest BCUT2D eigenvalue weighted by atomic mass is 127. The number of nitrogens with one attached hydrogen (secondary N) is 1. The summed E-state index contributed by atoms with van der Waals surface area (Å²) in [5.41, 5.74) is 1.02. The largest absolute Gasteiger partial charge is 0.384 e. The zero-order chi connectivity index (χ0) is 10.6. The van der Waals surface area contributed by atoms with Crippen molar-refractivity contribution in [3.05, 3.63) is 27.6 Å². The zero-order valence-corrected chi connectivity index (χ0v) is 10.6. The predicted octanol–water partition coefficient (Wildman–Crippen LogP) is 3.89. The minimum Gasteiger partial charge on any atom is -0.384 e. The summed E-state index contributed by atoms with van der Waals surface area (Å²) >= 11 is 2.14. The quantitative estimate of drug-likeness (QED) is 0.832. The Morgan fingerprint density at radius 1 is 1.50 bits per heavy atom. The molecule has 0 saturated carbocycles. The summed E-state index contributed by atoms with van der Waals surface area (Å²) in [7, 11) is 0. The highest BCUT2D eigenvalue weighted by molar-refractivity contribution is 14.1. The number of benzene rings is 1. The second-order valence-electron chi connectivity index (χ2n) is 3.52. The van der Waals surface area contributed by atoms with Gasteiger partial charge in [-0.15, -0.1) is 0 Å². The van der Waals surface area contributed by atoms with Crippen LogP contribution in [0.15, 0.2) is 18.2 Å². The van der Waals surface area contributed by atoms with E-state index in [0.29, 0.717) is 5.92 Å². The molecule has 0 aromatic heterocycles. The molecule has 0 fully saturated rings. The molecule has 0 radical (unpaired) electrons. The van der Waals surface area contributed by atoms with Crippen LogP contribution in [0.25, 0.3) is 0 Å². The number of hydrogen-bond acceptors (Lipinski definition) is 1. The second kappa shape index (κ2) is 5.53. The molecule has 0 spiro atoms. The van der Waals surface area contributed by atoms with Crippen molar-refractivity contribution in [2.75, 3.05) is 11.9 Å². The smallest absolute Gasteiger partial charge is 0.124 e. The van der Waals surface area contributed by atoms with Crippen LogP contribution in [0.5, 0.6) is 0 Å². The molecule has 0 saturated heterocycles. The minimum atomic E-state index is -0.177. The Balaban J connectivity index is 2.59. The fraction of sp³-hybridized carbons (Fsp3) is 0.455. The lowest BCUT2D eigenvalue weighted by Crippen LogP contribution is -2.11. The maximum atomic E-state index is 12.8. The van der Waals surface area contributed by atoms with E-state index in [1.165, 1.54) is 6.07 Å². The van der Waals surface area contributed by atoms with E-state index in [4.69, 9.17) is 0 Å². The Bertz CT molecular complexity index is 301. The van der Waals surface area contributed by atoms with E-state index in [1.54, 1.807) is 12.1 Å². The Labute approximate surface area is 98.2 Å². The van der Waals surface area contributed by atoms with Crippen molar-refractivity contribution < 1.29 is 4.39 Å². The van der Waals surface area contributed by atoms with Gasteiger partial charge in [-0.1, -0.05) is 20.3 Å². The van der Waals surface area contributed by atoms with Crippen LogP contribution in [0, 0.1) is 15.3 Å². The monoisotopic (exact) mass is 307 g/mol. The summed E-state index contributed by atoms with van der Waals surface area (Å²) < 4.78 is 13.7. The van der Waals surface area contributed by atoms with Crippen molar-refractivity contribution in [2.24, 2.45) is 5.92 Å². The normalized spacial score (nSPS) is 12.6. The Morgan fingerprint density at radius 2 is 2.21 bits per heavy atom. The molecule has 1 unspecified atom stereocenters.